The molecule has 0 unspecified atom stereocenters. The molecule has 30 heavy (non-hydrogen) atoms. The van der Waals surface area contributed by atoms with Gasteiger partial charge < -0.3 is 5.32 Å². The van der Waals surface area contributed by atoms with E-state index in [1.54, 1.807) is 6.08 Å². The van der Waals surface area contributed by atoms with Crippen molar-refractivity contribution in [1.29, 1.82) is 0 Å². The molecule has 0 fully saturated rings. The number of anilines is 2. The molecule has 0 saturated carbocycles. The monoisotopic (exact) mass is 450 g/mol. The van der Waals surface area contributed by atoms with E-state index in [0.717, 1.165) is 29.1 Å². The topological polar surface area (TPSA) is 75.3 Å². The number of hydrogen-bond acceptors (Lipinski definition) is 4. The smallest absolute Gasteiger partial charge is 0.321 e. The molecule has 1 aromatic heterocycles. The number of nitrogens with one attached hydrogen (secondary N) is 2. The van der Waals surface area contributed by atoms with Gasteiger partial charge in [0.1, 0.15) is 0 Å². The molecule has 1 aliphatic rings. The summed E-state index contributed by atoms with van der Waals surface area (Å²) in [6.45, 7) is 0. The van der Waals surface area contributed by atoms with Gasteiger partial charge in [0.25, 0.3) is 15.9 Å². The summed E-state index contributed by atoms with van der Waals surface area (Å²) < 4.78 is 65.8. The highest BCUT2D eigenvalue weighted by molar-refractivity contribution is 7.92. The third kappa shape index (κ3) is 3.96. The fraction of sp³-hybridized carbons (Fsp3) is 0.0500. The maximum Gasteiger partial charge on any atom is 0.416 e. The second-order valence-corrected chi connectivity index (χ2v) is 9.08. The first kappa shape index (κ1) is 20.2. The normalized spacial score (nSPS) is 15.2. The lowest BCUT2D eigenvalue weighted by Crippen LogP contribution is -2.13. The van der Waals surface area contributed by atoms with E-state index in [-0.39, 0.29) is 16.5 Å². The summed E-state index contributed by atoms with van der Waals surface area (Å²) in [4.78, 5) is 13.0. The SMILES string of the molecule is O=C1Nc2ccc(S(=O)(=O)Nc3ccc(C(F)(F)F)cc3)cc2C1=Cc1cccs1. The van der Waals surface area contributed by atoms with Gasteiger partial charge in [-0.05, 0) is 60.0 Å². The summed E-state index contributed by atoms with van der Waals surface area (Å²) >= 11 is 1.43. The van der Waals surface area contributed by atoms with E-state index < -0.39 is 21.8 Å². The fourth-order valence-corrected chi connectivity index (χ4v) is 4.68. The number of alkyl halides is 3. The number of carbonyl (C=O) groups excluding carboxylic acids is 1. The van der Waals surface area contributed by atoms with Gasteiger partial charge in [0.05, 0.1) is 16.0 Å². The summed E-state index contributed by atoms with van der Waals surface area (Å²) in [6, 6.07) is 11.5. The first-order chi connectivity index (χ1) is 14.1. The molecule has 0 radical (unpaired) electrons. The predicted molar refractivity (Wildman–Crippen MR) is 110 cm³/mol. The molecule has 10 heteroatoms. The standard InChI is InChI=1S/C20H13F3N2O3S2/c21-20(22,23)12-3-5-13(6-4-12)25-30(27,28)15-7-8-18-16(11-15)17(19(26)24-18)10-14-2-1-9-29-14/h1-11,25H,(H,24,26). The van der Waals surface area contributed by atoms with E-state index in [0.29, 0.717) is 16.8 Å². The molecule has 0 atom stereocenters. The number of carbonyl (C=O) groups is 1. The quantitative estimate of drug-likeness (QED) is 0.546. The van der Waals surface area contributed by atoms with Crippen LogP contribution in [0.25, 0.3) is 11.6 Å². The Hall–Kier alpha value is -3.11. The van der Waals surface area contributed by atoms with Crippen LogP contribution in [-0.2, 0) is 21.0 Å². The summed E-state index contributed by atoms with van der Waals surface area (Å²) in [5.41, 5.74) is 0.363. The Balaban J connectivity index is 1.65. The highest BCUT2D eigenvalue weighted by Gasteiger charge is 2.30. The van der Waals surface area contributed by atoms with Gasteiger partial charge in [-0.25, -0.2) is 8.42 Å². The van der Waals surface area contributed by atoms with E-state index in [2.05, 4.69) is 10.0 Å². The summed E-state index contributed by atoms with van der Waals surface area (Å²) in [7, 11) is -4.08. The number of halogens is 3. The van der Waals surface area contributed by atoms with Crippen LogP contribution < -0.4 is 10.0 Å². The van der Waals surface area contributed by atoms with Crippen molar-refractivity contribution >= 4 is 50.3 Å². The average molecular weight is 450 g/mol. The van der Waals surface area contributed by atoms with Gasteiger partial charge in [0.15, 0.2) is 0 Å². The van der Waals surface area contributed by atoms with Crippen LogP contribution in [0, 0.1) is 0 Å². The number of benzene rings is 2. The Bertz CT molecular complexity index is 1250. The van der Waals surface area contributed by atoms with E-state index in [1.807, 2.05) is 17.5 Å². The first-order valence-corrected chi connectivity index (χ1v) is 10.9. The van der Waals surface area contributed by atoms with Crippen molar-refractivity contribution in [3.8, 4) is 0 Å². The zero-order valence-electron chi connectivity index (χ0n) is 15.0. The minimum atomic E-state index is -4.51. The molecule has 3 aromatic rings. The molecule has 0 saturated heterocycles. The van der Waals surface area contributed by atoms with Crippen LogP contribution in [-0.4, -0.2) is 14.3 Å². The van der Waals surface area contributed by atoms with Gasteiger partial charge >= 0.3 is 6.18 Å². The molecular formula is C20H13F3N2O3S2. The molecule has 2 heterocycles. The van der Waals surface area contributed by atoms with Crippen LogP contribution in [0.15, 0.2) is 64.9 Å². The molecular weight excluding hydrogens is 437 g/mol. The van der Waals surface area contributed by atoms with Crippen molar-refractivity contribution in [2.24, 2.45) is 0 Å². The molecule has 0 aliphatic carbocycles. The lowest BCUT2D eigenvalue weighted by molar-refractivity contribution is -0.137. The second kappa shape index (κ2) is 7.29. The van der Waals surface area contributed by atoms with Crippen molar-refractivity contribution in [3.05, 3.63) is 76.0 Å². The number of rotatable bonds is 4. The Morgan fingerprint density at radius 1 is 1.03 bits per heavy atom. The first-order valence-electron chi connectivity index (χ1n) is 8.54. The van der Waals surface area contributed by atoms with Gasteiger partial charge in [-0.15, -0.1) is 11.3 Å². The molecule has 154 valence electrons. The highest BCUT2D eigenvalue weighted by Crippen LogP contribution is 2.36. The molecule has 2 N–H and O–H groups in total. The molecule has 0 bridgehead atoms. The van der Waals surface area contributed by atoms with Gasteiger partial charge in [-0.2, -0.15) is 13.2 Å². The number of sulfonamides is 1. The Kier molecular flexibility index (Phi) is 4.91. The van der Waals surface area contributed by atoms with E-state index in [1.165, 1.54) is 29.5 Å². The van der Waals surface area contributed by atoms with Crippen LogP contribution in [0.5, 0.6) is 0 Å². The lowest BCUT2D eigenvalue weighted by Gasteiger charge is -2.11. The van der Waals surface area contributed by atoms with Gasteiger partial charge in [-0.1, -0.05) is 6.07 Å². The van der Waals surface area contributed by atoms with Gasteiger partial charge in [0, 0.05) is 21.8 Å². The Morgan fingerprint density at radius 2 is 1.77 bits per heavy atom. The van der Waals surface area contributed by atoms with Crippen LogP contribution in [0.2, 0.25) is 0 Å². The van der Waals surface area contributed by atoms with Crippen LogP contribution >= 0.6 is 11.3 Å². The molecule has 4 rings (SSSR count). The summed E-state index contributed by atoms with van der Waals surface area (Å²) in [5, 5.41) is 4.54. The summed E-state index contributed by atoms with van der Waals surface area (Å²) in [5.74, 6) is -0.344. The predicted octanol–water partition coefficient (Wildman–Crippen LogP) is 5.06. The maximum absolute atomic E-state index is 12.7. The number of hydrogen-bond donors (Lipinski definition) is 2. The molecule has 2 aromatic carbocycles. The third-order valence-corrected chi connectivity index (χ3v) is 6.58. The fourth-order valence-electron chi connectivity index (χ4n) is 2.93. The van der Waals surface area contributed by atoms with Crippen LogP contribution in [0.4, 0.5) is 24.5 Å². The van der Waals surface area contributed by atoms with Crippen molar-refractivity contribution in [3.63, 3.8) is 0 Å². The molecule has 0 spiro atoms. The van der Waals surface area contributed by atoms with E-state index in [4.69, 9.17) is 0 Å². The maximum atomic E-state index is 12.7. The molecule has 1 amide bonds. The van der Waals surface area contributed by atoms with Crippen LogP contribution in [0.3, 0.4) is 0 Å². The molecule has 5 nitrogen and oxygen atoms in total. The lowest BCUT2D eigenvalue weighted by atomic mass is 10.1. The van der Waals surface area contributed by atoms with Gasteiger partial charge in [0.2, 0.25) is 0 Å². The number of fused-ring (bicyclic) bond motifs is 1. The second-order valence-electron chi connectivity index (χ2n) is 6.42. The van der Waals surface area contributed by atoms with Crippen LogP contribution in [0.1, 0.15) is 16.0 Å². The highest BCUT2D eigenvalue weighted by atomic mass is 32.2. The zero-order valence-corrected chi connectivity index (χ0v) is 16.7. The Labute approximate surface area is 173 Å². The van der Waals surface area contributed by atoms with Crippen molar-refractivity contribution in [2.45, 2.75) is 11.1 Å². The molecule has 1 aliphatic heterocycles. The Morgan fingerprint density at radius 3 is 2.40 bits per heavy atom. The largest absolute Gasteiger partial charge is 0.416 e. The summed E-state index contributed by atoms with van der Waals surface area (Å²) in [6.07, 6.45) is -2.84. The van der Waals surface area contributed by atoms with Crippen molar-refractivity contribution < 1.29 is 26.4 Å². The van der Waals surface area contributed by atoms with Gasteiger partial charge in [-0.3, -0.25) is 9.52 Å². The van der Waals surface area contributed by atoms with Crippen molar-refractivity contribution in [1.82, 2.24) is 0 Å². The van der Waals surface area contributed by atoms with E-state index in [9.17, 15) is 26.4 Å². The minimum Gasteiger partial charge on any atom is -0.321 e. The minimum absolute atomic E-state index is 0.00736. The zero-order chi connectivity index (χ0) is 21.5. The van der Waals surface area contributed by atoms with Crippen molar-refractivity contribution in [2.75, 3.05) is 10.0 Å². The number of amides is 1. The van der Waals surface area contributed by atoms with E-state index >= 15 is 0 Å². The third-order valence-electron chi connectivity index (χ3n) is 4.38. The average Bonchev–Trinajstić information content (AvgIpc) is 3.29. The number of thiophene rings is 1.